The van der Waals surface area contributed by atoms with Crippen LogP contribution in [-0.2, 0) is 9.59 Å². The molecule has 1 aliphatic carbocycles. The fourth-order valence-corrected chi connectivity index (χ4v) is 2.60. The van der Waals surface area contributed by atoms with E-state index in [4.69, 9.17) is 5.73 Å². The second-order valence-electron chi connectivity index (χ2n) is 5.72. The highest BCUT2D eigenvalue weighted by Crippen LogP contribution is 2.38. The predicted molar refractivity (Wildman–Crippen MR) is 68.8 cm³/mol. The molecule has 5 nitrogen and oxygen atoms in total. The van der Waals surface area contributed by atoms with Crippen molar-refractivity contribution in [2.75, 3.05) is 19.6 Å². The van der Waals surface area contributed by atoms with Gasteiger partial charge in [0.05, 0.1) is 12.1 Å². The Hall–Kier alpha value is -1.10. The third kappa shape index (κ3) is 3.02. The van der Waals surface area contributed by atoms with Crippen molar-refractivity contribution in [1.29, 1.82) is 0 Å². The summed E-state index contributed by atoms with van der Waals surface area (Å²) in [6.07, 6.45) is 4.78. The van der Waals surface area contributed by atoms with Gasteiger partial charge < -0.3 is 16.0 Å². The van der Waals surface area contributed by atoms with Crippen molar-refractivity contribution in [3.05, 3.63) is 0 Å². The lowest BCUT2D eigenvalue weighted by atomic mass is 9.96. The third-order valence-electron chi connectivity index (χ3n) is 4.08. The van der Waals surface area contributed by atoms with Crippen LogP contribution in [-0.4, -0.2) is 41.9 Å². The molecule has 3 N–H and O–H groups in total. The highest BCUT2D eigenvalue weighted by Gasteiger charge is 2.41. The predicted octanol–water partition coefficient (Wildman–Crippen LogP) is 0.242. The number of nitrogens with two attached hydrogens (primary N) is 1. The zero-order valence-electron chi connectivity index (χ0n) is 11.1. The average molecular weight is 253 g/mol. The standard InChI is InChI=1S/C13H23N3O2/c1-13(9-14,10-5-6-10)15-11(17)8-16-7-3-2-4-12(16)18/h10H,2-9,14H2,1H3,(H,15,17). The van der Waals surface area contributed by atoms with Gasteiger partial charge in [-0.15, -0.1) is 0 Å². The Morgan fingerprint density at radius 1 is 1.50 bits per heavy atom. The minimum atomic E-state index is -0.296. The van der Waals surface area contributed by atoms with Gasteiger partial charge >= 0.3 is 0 Å². The van der Waals surface area contributed by atoms with Crippen LogP contribution in [0.2, 0.25) is 0 Å². The highest BCUT2D eigenvalue weighted by molar-refractivity contribution is 5.85. The Labute approximate surface area is 108 Å². The summed E-state index contributed by atoms with van der Waals surface area (Å²) in [5.74, 6) is 0.519. The van der Waals surface area contributed by atoms with Crippen molar-refractivity contribution < 1.29 is 9.59 Å². The van der Waals surface area contributed by atoms with Gasteiger partial charge in [0.15, 0.2) is 0 Å². The topological polar surface area (TPSA) is 75.4 Å². The van der Waals surface area contributed by atoms with Crippen LogP contribution >= 0.6 is 0 Å². The second-order valence-corrected chi connectivity index (χ2v) is 5.72. The highest BCUT2D eigenvalue weighted by atomic mass is 16.2. The number of carbonyl (C=O) groups excluding carboxylic acids is 2. The zero-order chi connectivity index (χ0) is 13.2. The maximum Gasteiger partial charge on any atom is 0.240 e. The normalized spacial score (nSPS) is 23.7. The van der Waals surface area contributed by atoms with E-state index in [2.05, 4.69) is 5.32 Å². The summed E-state index contributed by atoms with van der Waals surface area (Å²) in [5, 5.41) is 3.02. The Balaban J connectivity index is 1.85. The number of carbonyl (C=O) groups is 2. The summed E-state index contributed by atoms with van der Waals surface area (Å²) in [7, 11) is 0. The van der Waals surface area contributed by atoms with Gasteiger partial charge in [-0.2, -0.15) is 0 Å². The molecule has 102 valence electrons. The van der Waals surface area contributed by atoms with Gasteiger partial charge in [-0.25, -0.2) is 0 Å². The molecular formula is C13H23N3O2. The molecule has 2 aliphatic rings. The number of piperidine rings is 1. The smallest absolute Gasteiger partial charge is 0.240 e. The number of hydrogen-bond acceptors (Lipinski definition) is 3. The van der Waals surface area contributed by atoms with Gasteiger partial charge in [0, 0.05) is 19.5 Å². The van der Waals surface area contributed by atoms with Crippen molar-refractivity contribution in [3.8, 4) is 0 Å². The van der Waals surface area contributed by atoms with Gasteiger partial charge in [-0.1, -0.05) is 0 Å². The van der Waals surface area contributed by atoms with Gasteiger partial charge in [-0.05, 0) is 38.5 Å². The van der Waals surface area contributed by atoms with Crippen LogP contribution in [0, 0.1) is 5.92 Å². The first-order valence-corrected chi connectivity index (χ1v) is 6.84. The molecule has 2 rings (SSSR count). The molecule has 0 bridgehead atoms. The summed E-state index contributed by atoms with van der Waals surface area (Å²) in [6, 6.07) is 0. The summed E-state index contributed by atoms with van der Waals surface area (Å²) < 4.78 is 0. The molecule has 0 aromatic heterocycles. The minimum Gasteiger partial charge on any atom is -0.348 e. The van der Waals surface area contributed by atoms with Crippen molar-refractivity contribution in [1.82, 2.24) is 10.2 Å². The fourth-order valence-electron chi connectivity index (χ4n) is 2.60. The number of rotatable bonds is 5. The molecule has 0 aromatic rings. The van der Waals surface area contributed by atoms with E-state index in [9.17, 15) is 9.59 Å². The quantitative estimate of drug-likeness (QED) is 0.737. The molecule has 1 unspecified atom stereocenters. The number of hydrogen-bond donors (Lipinski definition) is 2. The minimum absolute atomic E-state index is 0.0786. The SMILES string of the molecule is CC(CN)(NC(=O)CN1CCCCC1=O)C1CC1. The van der Waals surface area contributed by atoms with Gasteiger partial charge in [0.25, 0.3) is 0 Å². The molecule has 1 heterocycles. The van der Waals surface area contributed by atoms with Crippen molar-refractivity contribution >= 4 is 11.8 Å². The second kappa shape index (κ2) is 5.26. The van der Waals surface area contributed by atoms with E-state index in [0.29, 0.717) is 25.4 Å². The Kier molecular flexibility index (Phi) is 3.90. The van der Waals surface area contributed by atoms with Crippen LogP contribution in [0.25, 0.3) is 0 Å². The zero-order valence-corrected chi connectivity index (χ0v) is 11.1. The Bertz CT molecular complexity index is 341. The number of likely N-dealkylation sites (tertiary alicyclic amines) is 1. The van der Waals surface area contributed by atoms with E-state index in [1.54, 1.807) is 4.90 Å². The lowest BCUT2D eigenvalue weighted by Gasteiger charge is -2.32. The van der Waals surface area contributed by atoms with E-state index in [1.807, 2.05) is 6.92 Å². The van der Waals surface area contributed by atoms with Crippen molar-refractivity contribution in [2.24, 2.45) is 11.7 Å². The summed E-state index contributed by atoms with van der Waals surface area (Å²) in [4.78, 5) is 25.3. The molecule has 18 heavy (non-hydrogen) atoms. The molecule has 1 saturated heterocycles. The van der Waals surface area contributed by atoms with Gasteiger partial charge in [0.1, 0.15) is 0 Å². The largest absolute Gasteiger partial charge is 0.348 e. The molecule has 5 heteroatoms. The molecular weight excluding hydrogens is 230 g/mol. The van der Waals surface area contributed by atoms with Crippen LogP contribution in [0.4, 0.5) is 0 Å². The van der Waals surface area contributed by atoms with E-state index in [1.165, 1.54) is 0 Å². The summed E-state index contributed by atoms with van der Waals surface area (Å²) in [5.41, 5.74) is 5.47. The molecule has 1 atom stereocenters. The van der Waals surface area contributed by atoms with E-state index in [0.717, 1.165) is 25.7 Å². The van der Waals surface area contributed by atoms with Crippen LogP contribution in [0.3, 0.4) is 0 Å². The van der Waals surface area contributed by atoms with E-state index >= 15 is 0 Å². The summed E-state index contributed by atoms with van der Waals surface area (Å²) in [6.45, 7) is 3.34. The molecule has 2 fully saturated rings. The van der Waals surface area contributed by atoms with E-state index in [-0.39, 0.29) is 23.9 Å². The molecule has 0 spiro atoms. The molecule has 1 aliphatic heterocycles. The van der Waals surface area contributed by atoms with Gasteiger partial charge in [-0.3, -0.25) is 9.59 Å². The number of nitrogens with zero attached hydrogens (tertiary/aromatic N) is 1. The summed E-state index contributed by atoms with van der Waals surface area (Å²) >= 11 is 0. The van der Waals surface area contributed by atoms with Crippen LogP contribution in [0.15, 0.2) is 0 Å². The first-order valence-electron chi connectivity index (χ1n) is 6.84. The van der Waals surface area contributed by atoms with Crippen LogP contribution < -0.4 is 11.1 Å². The van der Waals surface area contributed by atoms with E-state index < -0.39 is 0 Å². The average Bonchev–Trinajstić information content (AvgIpc) is 3.16. The third-order valence-corrected chi connectivity index (χ3v) is 4.08. The lowest BCUT2D eigenvalue weighted by Crippen LogP contribution is -2.56. The lowest BCUT2D eigenvalue weighted by molar-refractivity contribution is -0.138. The number of amides is 2. The Morgan fingerprint density at radius 3 is 2.78 bits per heavy atom. The monoisotopic (exact) mass is 253 g/mol. The fraction of sp³-hybridized carbons (Fsp3) is 0.846. The van der Waals surface area contributed by atoms with Crippen molar-refractivity contribution in [3.63, 3.8) is 0 Å². The molecule has 1 saturated carbocycles. The van der Waals surface area contributed by atoms with Gasteiger partial charge in [0.2, 0.25) is 11.8 Å². The first-order chi connectivity index (χ1) is 8.55. The van der Waals surface area contributed by atoms with Crippen LogP contribution in [0.1, 0.15) is 39.0 Å². The Morgan fingerprint density at radius 2 is 2.22 bits per heavy atom. The molecule has 0 radical (unpaired) electrons. The van der Waals surface area contributed by atoms with Crippen molar-refractivity contribution in [2.45, 2.75) is 44.6 Å². The molecule has 2 amide bonds. The molecule has 0 aromatic carbocycles. The maximum absolute atomic E-state index is 12.0. The first kappa shape index (κ1) is 13.3. The number of nitrogens with one attached hydrogen (secondary N) is 1. The maximum atomic E-state index is 12.0. The van der Waals surface area contributed by atoms with Crippen LogP contribution in [0.5, 0.6) is 0 Å².